The highest BCUT2D eigenvalue weighted by Crippen LogP contribution is 2.03. The number of aromatic nitrogens is 2. The number of allylic oxidation sites excluding steroid dienone is 1. The number of nitrogens with zero attached hydrogens (tertiary/aromatic N) is 2. The van der Waals surface area contributed by atoms with Gasteiger partial charge >= 0.3 is 0 Å². The van der Waals surface area contributed by atoms with E-state index in [1.807, 2.05) is 16.8 Å². The van der Waals surface area contributed by atoms with Gasteiger partial charge in [0.15, 0.2) is 0 Å². The van der Waals surface area contributed by atoms with Crippen LogP contribution in [0.1, 0.15) is 0 Å². The van der Waals surface area contributed by atoms with Crippen molar-refractivity contribution in [2.45, 2.75) is 6.54 Å². The number of imidazole rings is 1. The summed E-state index contributed by atoms with van der Waals surface area (Å²) in [5, 5.41) is 0. The molecule has 0 fully saturated rings. The predicted octanol–water partition coefficient (Wildman–Crippen LogP) is 1.83. The molecule has 0 radical (unpaired) electrons. The SMILES string of the molecule is C=CCn1cnc(Br)c1. The number of rotatable bonds is 2. The summed E-state index contributed by atoms with van der Waals surface area (Å²) in [6, 6.07) is 0. The van der Waals surface area contributed by atoms with Crippen molar-refractivity contribution in [2.75, 3.05) is 0 Å². The Hall–Kier alpha value is -0.570. The quantitative estimate of drug-likeness (QED) is 0.645. The third kappa shape index (κ3) is 1.68. The fourth-order valence-corrected chi connectivity index (χ4v) is 0.936. The molecule has 2 nitrogen and oxygen atoms in total. The topological polar surface area (TPSA) is 17.8 Å². The maximum Gasteiger partial charge on any atom is 0.124 e. The lowest BCUT2D eigenvalue weighted by Crippen LogP contribution is -1.87. The van der Waals surface area contributed by atoms with E-state index in [0.29, 0.717) is 0 Å². The van der Waals surface area contributed by atoms with Crippen molar-refractivity contribution in [3.8, 4) is 0 Å². The van der Waals surface area contributed by atoms with Crippen molar-refractivity contribution in [2.24, 2.45) is 0 Å². The molecule has 0 saturated carbocycles. The fraction of sp³-hybridized carbons (Fsp3) is 0.167. The minimum Gasteiger partial charge on any atom is -0.332 e. The van der Waals surface area contributed by atoms with E-state index in [4.69, 9.17) is 0 Å². The summed E-state index contributed by atoms with van der Waals surface area (Å²) in [5.41, 5.74) is 0. The Kier molecular flexibility index (Phi) is 2.05. The van der Waals surface area contributed by atoms with Crippen molar-refractivity contribution in [1.29, 1.82) is 0 Å². The first-order valence-corrected chi connectivity index (χ1v) is 3.40. The number of halogens is 1. The molecule has 1 rings (SSSR count). The zero-order valence-corrected chi connectivity index (χ0v) is 6.50. The van der Waals surface area contributed by atoms with Crippen LogP contribution in [0.2, 0.25) is 0 Å². The second kappa shape index (κ2) is 2.82. The van der Waals surface area contributed by atoms with Gasteiger partial charge < -0.3 is 4.57 Å². The van der Waals surface area contributed by atoms with Crippen molar-refractivity contribution in [3.63, 3.8) is 0 Å². The van der Waals surface area contributed by atoms with E-state index in [1.165, 1.54) is 0 Å². The lowest BCUT2D eigenvalue weighted by atomic mass is 10.6. The van der Waals surface area contributed by atoms with Crippen LogP contribution in [0.15, 0.2) is 29.8 Å². The molecule has 0 aliphatic heterocycles. The minimum absolute atomic E-state index is 0.818. The van der Waals surface area contributed by atoms with E-state index in [0.717, 1.165) is 11.1 Å². The van der Waals surface area contributed by atoms with Crippen LogP contribution in [0.5, 0.6) is 0 Å². The van der Waals surface area contributed by atoms with E-state index < -0.39 is 0 Å². The van der Waals surface area contributed by atoms with Crippen LogP contribution in [0.3, 0.4) is 0 Å². The highest BCUT2D eigenvalue weighted by molar-refractivity contribution is 9.10. The largest absolute Gasteiger partial charge is 0.332 e. The summed E-state index contributed by atoms with van der Waals surface area (Å²) < 4.78 is 2.81. The number of hydrogen-bond acceptors (Lipinski definition) is 1. The molecular formula is C6H7BrN2. The zero-order valence-electron chi connectivity index (χ0n) is 4.92. The first-order chi connectivity index (χ1) is 4.33. The highest BCUT2D eigenvalue weighted by Gasteiger charge is 1.88. The molecule has 3 heteroatoms. The molecule has 9 heavy (non-hydrogen) atoms. The van der Waals surface area contributed by atoms with Crippen LogP contribution in [-0.2, 0) is 6.54 Å². The Morgan fingerprint density at radius 3 is 3.11 bits per heavy atom. The summed E-state index contributed by atoms with van der Waals surface area (Å²) in [6.45, 7) is 4.42. The summed E-state index contributed by atoms with van der Waals surface area (Å²) in [4.78, 5) is 3.97. The molecule has 0 aromatic carbocycles. The molecular weight excluding hydrogens is 180 g/mol. The van der Waals surface area contributed by atoms with Crippen molar-refractivity contribution >= 4 is 15.9 Å². The Balaban J connectivity index is 2.72. The fourth-order valence-electron chi connectivity index (χ4n) is 0.582. The molecule has 0 N–H and O–H groups in total. The van der Waals surface area contributed by atoms with E-state index in [9.17, 15) is 0 Å². The predicted molar refractivity (Wildman–Crippen MR) is 40.1 cm³/mol. The molecule has 1 aromatic heterocycles. The van der Waals surface area contributed by atoms with Crippen LogP contribution in [0.25, 0.3) is 0 Å². The van der Waals surface area contributed by atoms with Gasteiger partial charge in [-0.25, -0.2) is 4.98 Å². The summed E-state index contributed by atoms with van der Waals surface area (Å²) in [5.74, 6) is 0. The summed E-state index contributed by atoms with van der Waals surface area (Å²) >= 11 is 3.24. The molecule has 48 valence electrons. The Bertz CT molecular complexity index is 205. The molecule has 0 aliphatic carbocycles. The molecule has 0 saturated heterocycles. The van der Waals surface area contributed by atoms with Crippen LogP contribution in [-0.4, -0.2) is 9.55 Å². The van der Waals surface area contributed by atoms with E-state index in [2.05, 4.69) is 27.5 Å². The van der Waals surface area contributed by atoms with Gasteiger partial charge in [-0.2, -0.15) is 0 Å². The third-order valence-corrected chi connectivity index (χ3v) is 1.35. The Morgan fingerprint density at radius 1 is 1.89 bits per heavy atom. The Labute approximate surface area is 62.3 Å². The Morgan fingerprint density at radius 2 is 2.67 bits per heavy atom. The van der Waals surface area contributed by atoms with Gasteiger partial charge in [0.1, 0.15) is 4.60 Å². The lowest BCUT2D eigenvalue weighted by Gasteiger charge is -1.90. The average Bonchev–Trinajstić information content (AvgIpc) is 2.17. The molecule has 0 aliphatic rings. The van der Waals surface area contributed by atoms with Crippen LogP contribution in [0, 0.1) is 0 Å². The molecule has 1 aromatic rings. The maximum atomic E-state index is 3.97. The first kappa shape index (κ1) is 6.55. The zero-order chi connectivity index (χ0) is 6.69. The monoisotopic (exact) mass is 186 g/mol. The minimum atomic E-state index is 0.818. The van der Waals surface area contributed by atoms with E-state index in [-0.39, 0.29) is 0 Å². The summed E-state index contributed by atoms with van der Waals surface area (Å²) in [6.07, 6.45) is 5.49. The molecule has 0 bridgehead atoms. The van der Waals surface area contributed by atoms with Crippen molar-refractivity contribution < 1.29 is 0 Å². The molecule has 1 heterocycles. The van der Waals surface area contributed by atoms with Gasteiger partial charge in [0, 0.05) is 12.7 Å². The van der Waals surface area contributed by atoms with E-state index >= 15 is 0 Å². The van der Waals surface area contributed by atoms with Gasteiger partial charge in [0.25, 0.3) is 0 Å². The molecule has 0 atom stereocenters. The van der Waals surface area contributed by atoms with Gasteiger partial charge in [-0.3, -0.25) is 0 Å². The van der Waals surface area contributed by atoms with Gasteiger partial charge in [-0.05, 0) is 15.9 Å². The van der Waals surface area contributed by atoms with Crippen LogP contribution >= 0.6 is 15.9 Å². The van der Waals surface area contributed by atoms with Gasteiger partial charge in [0.2, 0.25) is 0 Å². The normalized spacial score (nSPS) is 9.44. The smallest absolute Gasteiger partial charge is 0.124 e. The highest BCUT2D eigenvalue weighted by atomic mass is 79.9. The van der Waals surface area contributed by atoms with Crippen LogP contribution in [0.4, 0.5) is 0 Å². The summed E-state index contributed by atoms with van der Waals surface area (Å²) in [7, 11) is 0. The second-order valence-corrected chi connectivity index (χ2v) is 2.49. The van der Waals surface area contributed by atoms with Crippen molar-refractivity contribution in [3.05, 3.63) is 29.8 Å². The lowest BCUT2D eigenvalue weighted by molar-refractivity contribution is 0.821. The van der Waals surface area contributed by atoms with Crippen LogP contribution < -0.4 is 0 Å². The van der Waals surface area contributed by atoms with E-state index in [1.54, 1.807) is 6.33 Å². The second-order valence-electron chi connectivity index (χ2n) is 1.68. The van der Waals surface area contributed by atoms with Crippen molar-refractivity contribution in [1.82, 2.24) is 9.55 Å². The maximum absolute atomic E-state index is 3.97. The first-order valence-electron chi connectivity index (χ1n) is 2.61. The van der Waals surface area contributed by atoms with Gasteiger partial charge in [-0.15, -0.1) is 6.58 Å². The molecule has 0 unspecified atom stereocenters. The third-order valence-electron chi connectivity index (χ3n) is 0.942. The van der Waals surface area contributed by atoms with Gasteiger partial charge in [-0.1, -0.05) is 6.08 Å². The standard InChI is InChI=1S/C6H7BrN2/c1-2-3-9-4-6(7)8-5-9/h2,4-5H,1,3H2. The average molecular weight is 187 g/mol. The van der Waals surface area contributed by atoms with Gasteiger partial charge in [0.05, 0.1) is 6.33 Å². The molecule has 0 amide bonds. The number of hydrogen-bond donors (Lipinski definition) is 0. The molecule has 0 spiro atoms.